The molecule has 1 N–H and O–H groups in total. The van der Waals surface area contributed by atoms with Crippen LogP contribution in [0.2, 0.25) is 0 Å². The second-order valence-electron chi connectivity index (χ2n) is 7.39. The summed E-state index contributed by atoms with van der Waals surface area (Å²) in [5.74, 6) is -3.98. The van der Waals surface area contributed by atoms with E-state index in [1.54, 1.807) is 0 Å². The van der Waals surface area contributed by atoms with E-state index in [2.05, 4.69) is 15.3 Å². The maximum Gasteiger partial charge on any atom is 0.451 e. The molecule has 1 amide bonds. The Hall–Kier alpha value is -2.77. The second kappa shape index (κ2) is 8.88. The molecular formula is C19H16F7N3O3S. The van der Waals surface area contributed by atoms with Gasteiger partial charge in [-0.2, -0.15) is 26.3 Å². The second-order valence-corrected chi connectivity index (χ2v) is 9.62. The highest BCUT2D eigenvalue weighted by Gasteiger charge is 2.38. The van der Waals surface area contributed by atoms with Crippen LogP contribution >= 0.6 is 0 Å². The van der Waals surface area contributed by atoms with Gasteiger partial charge in [0.15, 0.2) is 9.84 Å². The van der Waals surface area contributed by atoms with Crippen LogP contribution in [0.4, 0.5) is 30.7 Å². The van der Waals surface area contributed by atoms with Gasteiger partial charge in [-0.15, -0.1) is 0 Å². The molecule has 0 bridgehead atoms. The monoisotopic (exact) mass is 499 g/mol. The molecule has 2 aromatic rings. The number of halogens is 7. The third-order valence-electron chi connectivity index (χ3n) is 5.16. The van der Waals surface area contributed by atoms with E-state index in [0.29, 0.717) is 6.07 Å². The predicted molar refractivity (Wildman–Crippen MR) is 99.1 cm³/mol. The van der Waals surface area contributed by atoms with Gasteiger partial charge in [-0.05, 0) is 49.9 Å². The Balaban J connectivity index is 1.67. The van der Waals surface area contributed by atoms with Gasteiger partial charge in [0.1, 0.15) is 11.5 Å². The van der Waals surface area contributed by atoms with Gasteiger partial charge in [0.2, 0.25) is 5.82 Å². The molecule has 1 saturated carbocycles. The molecule has 6 nitrogen and oxygen atoms in total. The zero-order valence-electron chi connectivity index (χ0n) is 16.5. The Bertz CT molecular complexity index is 1140. The zero-order valence-corrected chi connectivity index (χ0v) is 17.4. The summed E-state index contributed by atoms with van der Waals surface area (Å²) >= 11 is 0. The maximum absolute atomic E-state index is 13.5. The van der Waals surface area contributed by atoms with Crippen molar-refractivity contribution in [2.45, 2.75) is 54.2 Å². The Kier molecular flexibility index (Phi) is 6.69. The molecule has 1 aromatic heterocycles. The van der Waals surface area contributed by atoms with Crippen LogP contribution < -0.4 is 5.32 Å². The van der Waals surface area contributed by atoms with E-state index in [4.69, 9.17) is 0 Å². The lowest BCUT2D eigenvalue weighted by Crippen LogP contribution is -2.40. The first kappa shape index (κ1) is 24.9. The van der Waals surface area contributed by atoms with Crippen molar-refractivity contribution in [3.8, 4) is 0 Å². The molecule has 1 aliphatic carbocycles. The third-order valence-corrected chi connectivity index (χ3v) is 7.42. The van der Waals surface area contributed by atoms with E-state index in [0.717, 1.165) is 18.3 Å². The number of benzene rings is 1. The number of nitrogens with zero attached hydrogens (tertiary/aromatic N) is 2. The first-order valence-corrected chi connectivity index (χ1v) is 11.1. The molecule has 0 atom stereocenters. The number of carbonyl (C=O) groups excluding carboxylic acids is 1. The van der Waals surface area contributed by atoms with Crippen LogP contribution in [0.5, 0.6) is 0 Å². The van der Waals surface area contributed by atoms with E-state index in [1.807, 2.05) is 0 Å². The SMILES string of the molecule is O=C(NC1CCC(S(=O)(=O)c2ccc(F)c(C(F)(F)F)c2)CC1)c1ccnc(C(F)(F)F)n1. The minimum atomic E-state index is -5.06. The van der Waals surface area contributed by atoms with E-state index < -0.39 is 67.2 Å². The van der Waals surface area contributed by atoms with Crippen molar-refractivity contribution in [2.24, 2.45) is 0 Å². The van der Waals surface area contributed by atoms with Crippen molar-refractivity contribution >= 4 is 15.7 Å². The number of aromatic nitrogens is 2. The van der Waals surface area contributed by atoms with Gasteiger partial charge in [0.25, 0.3) is 5.91 Å². The topological polar surface area (TPSA) is 89.0 Å². The average molecular weight is 499 g/mol. The molecule has 1 aliphatic rings. The number of hydrogen-bond donors (Lipinski definition) is 1. The molecule has 0 aliphatic heterocycles. The fourth-order valence-corrected chi connectivity index (χ4v) is 5.31. The number of alkyl halides is 6. The summed E-state index contributed by atoms with van der Waals surface area (Å²) in [6.07, 6.45) is -8.95. The number of carbonyl (C=O) groups is 1. The normalized spacial score (nSPS) is 19.8. The van der Waals surface area contributed by atoms with Crippen LogP contribution in [0.25, 0.3) is 0 Å². The smallest absolute Gasteiger partial charge is 0.348 e. The van der Waals surface area contributed by atoms with Crippen molar-refractivity contribution in [1.29, 1.82) is 0 Å². The van der Waals surface area contributed by atoms with Gasteiger partial charge in [-0.1, -0.05) is 0 Å². The Morgan fingerprint density at radius 3 is 2.18 bits per heavy atom. The molecule has 180 valence electrons. The van der Waals surface area contributed by atoms with Crippen molar-refractivity contribution in [3.05, 3.63) is 53.4 Å². The molecule has 0 unspecified atom stereocenters. The van der Waals surface area contributed by atoms with Crippen molar-refractivity contribution in [1.82, 2.24) is 15.3 Å². The minimum Gasteiger partial charge on any atom is -0.348 e. The van der Waals surface area contributed by atoms with Crippen LogP contribution in [-0.2, 0) is 22.2 Å². The van der Waals surface area contributed by atoms with Gasteiger partial charge in [0, 0.05) is 12.2 Å². The number of amides is 1. The highest BCUT2D eigenvalue weighted by molar-refractivity contribution is 7.92. The molecule has 1 aromatic carbocycles. The fourth-order valence-electron chi connectivity index (χ4n) is 3.49. The summed E-state index contributed by atoms with van der Waals surface area (Å²) in [7, 11) is -4.21. The number of hydrogen-bond acceptors (Lipinski definition) is 5. The highest BCUT2D eigenvalue weighted by Crippen LogP contribution is 2.35. The molecule has 0 spiro atoms. The summed E-state index contributed by atoms with van der Waals surface area (Å²) in [6.45, 7) is 0. The summed E-state index contributed by atoms with van der Waals surface area (Å²) < 4.78 is 116. The van der Waals surface area contributed by atoms with E-state index >= 15 is 0 Å². The van der Waals surface area contributed by atoms with Crippen LogP contribution in [-0.4, -0.2) is 35.6 Å². The quantitative estimate of drug-likeness (QED) is 0.504. The molecule has 33 heavy (non-hydrogen) atoms. The van der Waals surface area contributed by atoms with Crippen LogP contribution in [0.15, 0.2) is 35.4 Å². The maximum atomic E-state index is 13.5. The number of sulfone groups is 1. The predicted octanol–water partition coefficient (Wildman–Crippen LogP) is 4.17. The third kappa shape index (κ3) is 5.60. The molecule has 3 rings (SSSR count). The van der Waals surface area contributed by atoms with Crippen molar-refractivity contribution < 1.29 is 43.9 Å². The zero-order chi connectivity index (χ0) is 24.6. The first-order chi connectivity index (χ1) is 15.2. The summed E-state index contributed by atoms with van der Waals surface area (Å²) in [5, 5.41) is 1.41. The molecule has 0 saturated heterocycles. The van der Waals surface area contributed by atoms with Crippen molar-refractivity contribution in [3.63, 3.8) is 0 Å². The lowest BCUT2D eigenvalue weighted by Gasteiger charge is -2.29. The van der Waals surface area contributed by atoms with Gasteiger partial charge < -0.3 is 5.32 Å². The fraction of sp³-hybridized carbons (Fsp3) is 0.421. The Labute approximate surface area is 183 Å². The van der Waals surface area contributed by atoms with Gasteiger partial charge in [-0.25, -0.2) is 22.8 Å². The van der Waals surface area contributed by atoms with Crippen molar-refractivity contribution in [2.75, 3.05) is 0 Å². The summed E-state index contributed by atoms with van der Waals surface area (Å²) in [5.41, 5.74) is -2.20. The average Bonchev–Trinajstić information content (AvgIpc) is 2.73. The van der Waals surface area contributed by atoms with Crippen LogP contribution in [0.1, 0.15) is 47.6 Å². The molecule has 14 heteroatoms. The number of nitrogens with one attached hydrogen (secondary N) is 1. The van der Waals surface area contributed by atoms with Gasteiger partial charge in [0.05, 0.1) is 15.7 Å². The number of rotatable bonds is 4. The van der Waals surface area contributed by atoms with E-state index in [1.165, 1.54) is 0 Å². The van der Waals surface area contributed by atoms with Crippen LogP contribution in [0.3, 0.4) is 0 Å². The summed E-state index contributed by atoms with van der Waals surface area (Å²) in [4.78, 5) is 17.8. The first-order valence-electron chi connectivity index (χ1n) is 9.51. The molecule has 0 radical (unpaired) electrons. The minimum absolute atomic E-state index is 0.0242. The summed E-state index contributed by atoms with van der Waals surface area (Å²) in [6, 6.07) is 1.88. The van der Waals surface area contributed by atoms with Crippen LogP contribution in [0, 0.1) is 5.82 Å². The van der Waals surface area contributed by atoms with E-state index in [9.17, 15) is 43.9 Å². The van der Waals surface area contributed by atoms with Gasteiger partial charge in [-0.3, -0.25) is 4.79 Å². The Morgan fingerprint density at radius 1 is 0.970 bits per heavy atom. The lowest BCUT2D eigenvalue weighted by molar-refractivity contribution is -0.145. The molecular weight excluding hydrogens is 483 g/mol. The molecule has 1 fully saturated rings. The standard InChI is InChI=1S/C19H16F7N3O3S/c20-14-6-5-12(9-13(14)18(21,22)23)33(31,32)11-3-1-10(2-4-11)28-16(30)15-7-8-27-17(29-15)19(24,25)26/h5-11H,1-4H2,(H,28,30). The largest absolute Gasteiger partial charge is 0.451 e. The van der Waals surface area contributed by atoms with E-state index in [-0.39, 0.29) is 31.7 Å². The van der Waals surface area contributed by atoms with Gasteiger partial charge >= 0.3 is 12.4 Å². The highest BCUT2D eigenvalue weighted by atomic mass is 32.2. The Morgan fingerprint density at radius 2 is 1.61 bits per heavy atom. The lowest BCUT2D eigenvalue weighted by atomic mass is 9.95. The molecule has 1 heterocycles.